The molecule has 1 rings (SSSR count). The molecule has 1 aromatic carbocycles. The van der Waals surface area contributed by atoms with Crippen molar-refractivity contribution in [3.05, 3.63) is 23.8 Å². The Hall–Kier alpha value is -2.94. The average Bonchev–Trinajstić information content (AvgIpc) is 2.82. The Morgan fingerprint density at radius 3 is 1.86 bits per heavy atom. The molecule has 3 atom stereocenters. The summed E-state index contributed by atoms with van der Waals surface area (Å²) in [7, 11) is 0. The maximum Gasteiger partial charge on any atom is 0.323 e. The van der Waals surface area contributed by atoms with E-state index >= 15 is 0 Å². The zero-order valence-electron chi connectivity index (χ0n) is 23.3. The third-order valence-electron chi connectivity index (χ3n) is 5.55. The van der Waals surface area contributed by atoms with E-state index in [2.05, 4.69) is 0 Å². The van der Waals surface area contributed by atoms with Crippen molar-refractivity contribution in [1.82, 2.24) is 0 Å². The van der Waals surface area contributed by atoms with Crippen LogP contribution in [0.1, 0.15) is 92.6 Å². The third kappa shape index (κ3) is 11.8. The maximum atomic E-state index is 12.6. The number of carbonyl (C=O) groups is 4. The predicted molar refractivity (Wildman–Crippen MR) is 139 cm³/mol. The molecule has 9 heteroatoms. The first kappa shape index (κ1) is 32.1. The van der Waals surface area contributed by atoms with Crippen LogP contribution in [0.4, 0.5) is 0 Å². The van der Waals surface area contributed by atoms with Gasteiger partial charge in [-0.25, -0.2) is 0 Å². The summed E-state index contributed by atoms with van der Waals surface area (Å²) < 4.78 is 21.7. The number of hydrogen-bond acceptors (Lipinski definition) is 9. The standard InChI is InChI=1S/C28H43NO8/c1-8-10-12-24(30)36-22-15-14-20(17-23(22)37-25(31)13-11-9-2)16-21(29)26(32)34-18(3)19(4)35-27(33)28(5,6)7/h14-15,17-19,21H,8-13,16,29H2,1-7H3/t18-,19-,21-/m0/s1. The summed E-state index contributed by atoms with van der Waals surface area (Å²) >= 11 is 0. The molecule has 9 nitrogen and oxygen atoms in total. The van der Waals surface area contributed by atoms with E-state index in [0.717, 1.165) is 12.8 Å². The first-order chi connectivity index (χ1) is 17.3. The number of esters is 4. The molecule has 1 aromatic rings. The molecule has 0 fully saturated rings. The lowest BCUT2D eigenvalue weighted by molar-refractivity contribution is -0.171. The van der Waals surface area contributed by atoms with Gasteiger partial charge in [-0.3, -0.25) is 19.2 Å². The van der Waals surface area contributed by atoms with Gasteiger partial charge in [0.05, 0.1) is 5.41 Å². The van der Waals surface area contributed by atoms with Gasteiger partial charge < -0.3 is 24.7 Å². The number of rotatable bonds is 14. The minimum Gasteiger partial charge on any atom is -0.458 e. The highest BCUT2D eigenvalue weighted by molar-refractivity contribution is 5.78. The predicted octanol–water partition coefficient (Wildman–Crippen LogP) is 4.66. The van der Waals surface area contributed by atoms with Crippen molar-refractivity contribution < 1.29 is 38.1 Å². The van der Waals surface area contributed by atoms with Gasteiger partial charge >= 0.3 is 23.9 Å². The van der Waals surface area contributed by atoms with E-state index in [1.165, 1.54) is 12.1 Å². The monoisotopic (exact) mass is 521 g/mol. The molecule has 0 amide bonds. The Kier molecular flexibility index (Phi) is 13.3. The lowest BCUT2D eigenvalue weighted by Gasteiger charge is -2.25. The number of carbonyl (C=O) groups excluding carboxylic acids is 4. The van der Waals surface area contributed by atoms with E-state index in [1.807, 2.05) is 13.8 Å². The van der Waals surface area contributed by atoms with Gasteiger partial charge in [0.1, 0.15) is 18.2 Å². The fourth-order valence-corrected chi connectivity index (χ4v) is 2.98. The van der Waals surface area contributed by atoms with Crippen LogP contribution in [0, 0.1) is 5.41 Å². The van der Waals surface area contributed by atoms with E-state index in [4.69, 9.17) is 24.7 Å². The van der Waals surface area contributed by atoms with Crippen LogP contribution in [0.3, 0.4) is 0 Å². The molecular formula is C28H43NO8. The summed E-state index contributed by atoms with van der Waals surface area (Å²) in [6.07, 6.45) is 2.24. The van der Waals surface area contributed by atoms with Gasteiger partial charge in [0.25, 0.3) is 0 Å². The van der Waals surface area contributed by atoms with Crippen LogP contribution < -0.4 is 15.2 Å². The molecule has 0 radical (unpaired) electrons. The van der Waals surface area contributed by atoms with E-state index < -0.39 is 47.5 Å². The van der Waals surface area contributed by atoms with Crippen molar-refractivity contribution >= 4 is 23.9 Å². The zero-order chi connectivity index (χ0) is 28.2. The lowest BCUT2D eigenvalue weighted by atomic mass is 9.97. The summed E-state index contributed by atoms with van der Waals surface area (Å²) in [5, 5.41) is 0. The second-order valence-electron chi connectivity index (χ2n) is 10.2. The molecule has 208 valence electrons. The highest BCUT2D eigenvalue weighted by Gasteiger charge is 2.29. The van der Waals surface area contributed by atoms with Crippen molar-refractivity contribution in [3.8, 4) is 11.5 Å². The van der Waals surface area contributed by atoms with E-state index in [-0.39, 0.29) is 30.8 Å². The number of hydrogen-bond donors (Lipinski definition) is 1. The van der Waals surface area contributed by atoms with E-state index in [1.54, 1.807) is 40.7 Å². The highest BCUT2D eigenvalue weighted by atomic mass is 16.6. The molecule has 0 aliphatic carbocycles. The molecule has 37 heavy (non-hydrogen) atoms. The Morgan fingerprint density at radius 1 is 0.838 bits per heavy atom. The Morgan fingerprint density at radius 2 is 1.35 bits per heavy atom. The van der Waals surface area contributed by atoms with Crippen molar-refractivity contribution in [2.75, 3.05) is 0 Å². The number of ether oxygens (including phenoxy) is 4. The summed E-state index contributed by atoms with van der Waals surface area (Å²) in [6, 6.07) is 3.69. The average molecular weight is 522 g/mol. The second kappa shape index (κ2) is 15.3. The molecule has 0 unspecified atom stereocenters. The van der Waals surface area contributed by atoms with Crippen molar-refractivity contribution in [3.63, 3.8) is 0 Å². The van der Waals surface area contributed by atoms with Crippen molar-refractivity contribution in [2.24, 2.45) is 11.1 Å². The number of nitrogens with two attached hydrogens (primary N) is 1. The van der Waals surface area contributed by atoms with Gasteiger partial charge in [-0.2, -0.15) is 0 Å². The minimum atomic E-state index is -1.02. The second-order valence-corrected chi connectivity index (χ2v) is 10.2. The fourth-order valence-electron chi connectivity index (χ4n) is 2.98. The van der Waals surface area contributed by atoms with E-state index in [9.17, 15) is 19.2 Å². The minimum absolute atomic E-state index is 0.0886. The van der Waals surface area contributed by atoms with Gasteiger partial charge in [-0.15, -0.1) is 0 Å². The molecule has 0 saturated carbocycles. The topological polar surface area (TPSA) is 131 Å². The van der Waals surface area contributed by atoms with Crippen LogP contribution in [-0.4, -0.2) is 42.1 Å². The van der Waals surface area contributed by atoms with Gasteiger partial charge in [0, 0.05) is 12.8 Å². The third-order valence-corrected chi connectivity index (χ3v) is 5.55. The number of benzene rings is 1. The highest BCUT2D eigenvalue weighted by Crippen LogP contribution is 2.30. The molecule has 0 aliphatic heterocycles. The molecule has 0 aliphatic rings. The van der Waals surface area contributed by atoms with Gasteiger partial charge in [-0.05, 0) is 71.6 Å². The molecule has 0 aromatic heterocycles. The summed E-state index contributed by atoms with van der Waals surface area (Å²) in [5.41, 5.74) is 6.00. The molecule has 0 spiro atoms. The first-order valence-corrected chi connectivity index (χ1v) is 13.0. The molecule has 0 heterocycles. The molecule has 0 saturated heterocycles. The van der Waals surface area contributed by atoms with Crippen LogP contribution in [0.15, 0.2) is 18.2 Å². The smallest absolute Gasteiger partial charge is 0.323 e. The lowest BCUT2D eigenvalue weighted by Crippen LogP contribution is -2.40. The Balaban J connectivity index is 2.91. The summed E-state index contributed by atoms with van der Waals surface area (Å²) in [5.74, 6) is -1.70. The van der Waals surface area contributed by atoms with Crippen LogP contribution >= 0.6 is 0 Å². The van der Waals surface area contributed by atoms with Gasteiger partial charge in [0.15, 0.2) is 11.5 Å². The molecule has 2 N–H and O–H groups in total. The van der Waals surface area contributed by atoms with E-state index in [0.29, 0.717) is 18.4 Å². The van der Waals surface area contributed by atoms with Crippen LogP contribution in [0.5, 0.6) is 11.5 Å². The van der Waals surface area contributed by atoms with Crippen LogP contribution in [0.25, 0.3) is 0 Å². The summed E-state index contributed by atoms with van der Waals surface area (Å²) in [4.78, 5) is 49.1. The van der Waals surface area contributed by atoms with Gasteiger partial charge in [0.2, 0.25) is 0 Å². The quantitative estimate of drug-likeness (QED) is 0.274. The zero-order valence-corrected chi connectivity index (χ0v) is 23.3. The van der Waals surface area contributed by atoms with Crippen molar-refractivity contribution in [2.45, 2.75) is 112 Å². The largest absolute Gasteiger partial charge is 0.458 e. The van der Waals surface area contributed by atoms with Gasteiger partial charge in [-0.1, -0.05) is 32.8 Å². The van der Waals surface area contributed by atoms with Crippen LogP contribution in [-0.2, 0) is 35.1 Å². The molecule has 0 bridgehead atoms. The molecular weight excluding hydrogens is 478 g/mol. The fraction of sp³-hybridized carbons (Fsp3) is 0.643. The Bertz CT molecular complexity index is 921. The van der Waals surface area contributed by atoms with Crippen molar-refractivity contribution in [1.29, 1.82) is 0 Å². The number of unbranched alkanes of at least 4 members (excludes halogenated alkanes) is 2. The maximum absolute atomic E-state index is 12.6. The summed E-state index contributed by atoms with van der Waals surface area (Å²) in [6.45, 7) is 12.4. The SMILES string of the molecule is CCCCC(=O)Oc1ccc(C[C@H](N)C(=O)O[C@@H](C)[C@H](C)OC(=O)C(C)(C)C)cc1OC(=O)CCCC. The first-order valence-electron chi connectivity index (χ1n) is 13.0. The Labute approximate surface area is 220 Å². The normalized spacial score (nSPS) is 13.7. The van der Waals surface area contributed by atoms with Crippen LogP contribution in [0.2, 0.25) is 0 Å².